The normalized spacial score (nSPS) is 19.2. The number of imidazole rings is 1. The average molecular weight is 436 g/mol. The van der Waals surface area contributed by atoms with Gasteiger partial charge in [-0.05, 0) is 38.6 Å². The Labute approximate surface area is 187 Å². The molecular weight excluding hydrogens is 406 g/mol. The summed E-state index contributed by atoms with van der Waals surface area (Å²) in [6, 6.07) is 12.1. The molecule has 1 saturated heterocycles. The molecule has 1 aliphatic heterocycles. The average Bonchev–Trinajstić information content (AvgIpc) is 3.06. The number of aromatic nitrogens is 3. The number of hydrogen-bond acceptors (Lipinski definition) is 6. The summed E-state index contributed by atoms with van der Waals surface area (Å²) < 4.78 is 6.94. The smallest absolute Gasteiger partial charge is 0.310 e. The third kappa shape index (κ3) is 4.65. The minimum atomic E-state index is -0.323. The lowest BCUT2D eigenvalue weighted by Crippen LogP contribution is -2.43. The first-order valence-corrected chi connectivity index (χ1v) is 10.8. The van der Waals surface area contributed by atoms with Gasteiger partial charge in [-0.3, -0.25) is 9.59 Å². The fourth-order valence-electron chi connectivity index (χ4n) is 4.26. The number of pyridine rings is 1. The van der Waals surface area contributed by atoms with Crippen molar-refractivity contribution < 1.29 is 14.3 Å². The summed E-state index contributed by atoms with van der Waals surface area (Å²) in [4.78, 5) is 38.5. The predicted octanol–water partition coefficient (Wildman–Crippen LogP) is 2.43. The Kier molecular flexibility index (Phi) is 6.50. The fraction of sp³-hybridized carbons (Fsp3) is 0.417. The van der Waals surface area contributed by atoms with Crippen molar-refractivity contribution in [3.63, 3.8) is 0 Å². The van der Waals surface area contributed by atoms with Crippen LogP contribution in [0.5, 0.6) is 0 Å². The molecule has 0 radical (unpaired) electrons. The number of amides is 1. The van der Waals surface area contributed by atoms with E-state index in [1.807, 2.05) is 36.9 Å². The quantitative estimate of drug-likeness (QED) is 0.573. The number of benzene rings is 1. The van der Waals surface area contributed by atoms with Crippen LogP contribution in [0.1, 0.15) is 28.8 Å². The van der Waals surface area contributed by atoms with Gasteiger partial charge in [0.05, 0.1) is 31.5 Å². The zero-order valence-electron chi connectivity index (χ0n) is 18.8. The van der Waals surface area contributed by atoms with E-state index in [4.69, 9.17) is 4.74 Å². The maximum atomic E-state index is 13.4. The van der Waals surface area contributed by atoms with Crippen LogP contribution in [-0.2, 0) is 16.1 Å². The number of methoxy groups -OCH3 is 1. The maximum Gasteiger partial charge on any atom is 0.310 e. The van der Waals surface area contributed by atoms with Gasteiger partial charge in [-0.15, -0.1) is 0 Å². The van der Waals surface area contributed by atoms with Gasteiger partial charge in [0.25, 0.3) is 5.91 Å². The zero-order chi connectivity index (χ0) is 22.7. The van der Waals surface area contributed by atoms with Crippen molar-refractivity contribution in [2.45, 2.75) is 25.4 Å². The molecule has 8 heteroatoms. The van der Waals surface area contributed by atoms with Gasteiger partial charge in [0.2, 0.25) is 0 Å². The number of likely N-dealkylation sites (tertiary alicyclic amines) is 1. The van der Waals surface area contributed by atoms with E-state index in [2.05, 4.69) is 27.0 Å². The van der Waals surface area contributed by atoms with Gasteiger partial charge in [0, 0.05) is 25.3 Å². The standard InChI is InChI=1S/C24H29N5O3/c1-27(2)20-10-9-18(24(31)32-3)14-28(15-20)23(30)19-11-21-22(25-12-19)29(16-26-21)13-17-7-5-4-6-8-17/h4-8,11-12,16,18,20H,9-10,13-15H2,1-3H3/t18-,20+/m0/s1. The summed E-state index contributed by atoms with van der Waals surface area (Å²) in [6.07, 6.45) is 4.88. The first kappa shape index (κ1) is 22.0. The van der Waals surface area contributed by atoms with Gasteiger partial charge in [0.1, 0.15) is 5.52 Å². The Hall–Kier alpha value is -3.26. The van der Waals surface area contributed by atoms with E-state index in [1.54, 1.807) is 23.5 Å². The van der Waals surface area contributed by atoms with E-state index >= 15 is 0 Å². The molecule has 168 valence electrons. The SMILES string of the molecule is COC(=O)[C@H]1CC[C@@H](N(C)C)CN(C(=O)c2cnc3c(c2)ncn3Cc2ccccc2)C1. The van der Waals surface area contributed by atoms with Crippen molar-refractivity contribution in [3.8, 4) is 0 Å². The van der Waals surface area contributed by atoms with Crippen LogP contribution in [0.2, 0.25) is 0 Å². The number of rotatable bonds is 5. The molecule has 0 bridgehead atoms. The molecule has 0 saturated carbocycles. The van der Waals surface area contributed by atoms with Crippen LogP contribution in [0, 0.1) is 5.92 Å². The molecule has 3 heterocycles. The van der Waals surface area contributed by atoms with Gasteiger partial charge in [-0.2, -0.15) is 0 Å². The molecule has 32 heavy (non-hydrogen) atoms. The Morgan fingerprint density at radius 3 is 2.62 bits per heavy atom. The highest BCUT2D eigenvalue weighted by molar-refractivity contribution is 5.96. The van der Waals surface area contributed by atoms with E-state index in [1.165, 1.54) is 7.11 Å². The number of esters is 1. The molecule has 3 aromatic rings. The number of hydrogen-bond donors (Lipinski definition) is 0. The largest absolute Gasteiger partial charge is 0.469 e. The molecular formula is C24H29N5O3. The number of fused-ring (bicyclic) bond motifs is 1. The van der Waals surface area contributed by atoms with E-state index < -0.39 is 0 Å². The minimum absolute atomic E-state index is 0.139. The van der Waals surface area contributed by atoms with Crippen molar-refractivity contribution in [2.24, 2.45) is 5.92 Å². The second-order valence-corrected chi connectivity index (χ2v) is 8.55. The summed E-state index contributed by atoms with van der Waals surface area (Å²) >= 11 is 0. The molecule has 1 aliphatic rings. The van der Waals surface area contributed by atoms with Crippen LogP contribution in [0.25, 0.3) is 11.2 Å². The van der Waals surface area contributed by atoms with Crippen LogP contribution in [0.15, 0.2) is 48.9 Å². The van der Waals surface area contributed by atoms with E-state index in [0.717, 1.165) is 17.6 Å². The van der Waals surface area contributed by atoms with Crippen molar-refractivity contribution in [2.75, 3.05) is 34.3 Å². The summed E-state index contributed by atoms with van der Waals surface area (Å²) in [6.45, 7) is 1.56. The Bertz CT molecular complexity index is 1100. The molecule has 0 spiro atoms. The zero-order valence-corrected chi connectivity index (χ0v) is 18.8. The highest BCUT2D eigenvalue weighted by Gasteiger charge is 2.32. The molecule has 0 unspecified atom stereocenters. The Balaban J connectivity index is 1.58. The number of carbonyl (C=O) groups excluding carboxylic acids is 2. The molecule has 4 rings (SSSR count). The number of carbonyl (C=O) groups is 2. The monoisotopic (exact) mass is 435 g/mol. The van der Waals surface area contributed by atoms with Gasteiger partial charge >= 0.3 is 5.97 Å². The fourth-order valence-corrected chi connectivity index (χ4v) is 4.26. The molecule has 1 aromatic carbocycles. The predicted molar refractivity (Wildman–Crippen MR) is 121 cm³/mol. The summed E-state index contributed by atoms with van der Waals surface area (Å²) in [7, 11) is 5.39. The van der Waals surface area contributed by atoms with Crippen LogP contribution in [0.3, 0.4) is 0 Å². The van der Waals surface area contributed by atoms with E-state index in [9.17, 15) is 9.59 Å². The lowest BCUT2D eigenvalue weighted by atomic mass is 10.0. The highest BCUT2D eigenvalue weighted by Crippen LogP contribution is 2.23. The third-order valence-corrected chi connectivity index (χ3v) is 6.17. The summed E-state index contributed by atoms with van der Waals surface area (Å²) in [5.41, 5.74) is 3.04. The van der Waals surface area contributed by atoms with Crippen molar-refractivity contribution in [3.05, 3.63) is 60.0 Å². The number of likely N-dealkylation sites (N-methyl/N-ethyl adjacent to an activating group) is 1. The van der Waals surface area contributed by atoms with Crippen molar-refractivity contribution in [1.29, 1.82) is 0 Å². The molecule has 1 fully saturated rings. The van der Waals surface area contributed by atoms with Gasteiger partial charge < -0.3 is 19.1 Å². The first-order chi connectivity index (χ1) is 15.5. The highest BCUT2D eigenvalue weighted by atomic mass is 16.5. The Morgan fingerprint density at radius 1 is 1.12 bits per heavy atom. The van der Waals surface area contributed by atoms with Crippen LogP contribution < -0.4 is 0 Å². The molecule has 8 nitrogen and oxygen atoms in total. The molecule has 0 N–H and O–H groups in total. The number of ether oxygens (including phenoxy) is 1. The summed E-state index contributed by atoms with van der Waals surface area (Å²) in [5.74, 6) is -0.731. The molecule has 1 amide bonds. The van der Waals surface area contributed by atoms with Crippen LogP contribution >= 0.6 is 0 Å². The topological polar surface area (TPSA) is 80.6 Å². The van der Waals surface area contributed by atoms with Gasteiger partial charge in [-0.1, -0.05) is 30.3 Å². The lowest BCUT2D eigenvalue weighted by molar-refractivity contribution is -0.145. The van der Waals surface area contributed by atoms with Crippen LogP contribution in [0.4, 0.5) is 0 Å². The minimum Gasteiger partial charge on any atom is -0.469 e. The Morgan fingerprint density at radius 2 is 1.91 bits per heavy atom. The van der Waals surface area contributed by atoms with E-state index in [0.29, 0.717) is 37.1 Å². The molecule has 0 aliphatic carbocycles. The van der Waals surface area contributed by atoms with Crippen molar-refractivity contribution in [1.82, 2.24) is 24.3 Å². The molecule has 2 atom stereocenters. The second-order valence-electron chi connectivity index (χ2n) is 8.55. The number of nitrogens with zero attached hydrogens (tertiary/aromatic N) is 5. The summed E-state index contributed by atoms with van der Waals surface area (Å²) in [5, 5.41) is 0. The third-order valence-electron chi connectivity index (χ3n) is 6.17. The second kappa shape index (κ2) is 9.48. The van der Waals surface area contributed by atoms with E-state index in [-0.39, 0.29) is 23.8 Å². The van der Waals surface area contributed by atoms with Crippen molar-refractivity contribution >= 4 is 23.0 Å². The van der Waals surface area contributed by atoms with Gasteiger partial charge in [0.15, 0.2) is 5.65 Å². The lowest BCUT2D eigenvalue weighted by Gasteiger charge is -2.29. The first-order valence-electron chi connectivity index (χ1n) is 10.8. The maximum absolute atomic E-state index is 13.4. The van der Waals surface area contributed by atoms with Gasteiger partial charge in [-0.25, -0.2) is 9.97 Å². The molecule has 2 aromatic heterocycles. The van der Waals surface area contributed by atoms with Crippen LogP contribution in [-0.4, -0.2) is 76.5 Å².